The van der Waals surface area contributed by atoms with E-state index >= 15 is 0 Å². The highest BCUT2D eigenvalue weighted by atomic mass is 32.2. The molecule has 3 nitrogen and oxygen atoms in total. The highest BCUT2D eigenvalue weighted by molar-refractivity contribution is 7.91. The zero-order chi connectivity index (χ0) is 14.2. The summed E-state index contributed by atoms with van der Waals surface area (Å²) >= 11 is 0. The van der Waals surface area contributed by atoms with Gasteiger partial charge in [-0.05, 0) is 49.6 Å². The standard InChI is InChI=1S/C16H23NO2S/c1-17-16(9-12-7-8-20(18,19)11-12)15-10-14(15)13-5-3-2-4-6-13/h2-6,12,14-17H,7-11H2,1H3. The summed E-state index contributed by atoms with van der Waals surface area (Å²) in [6.45, 7) is 0. The van der Waals surface area contributed by atoms with Crippen LogP contribution in [0.3, 0.4) is 0 Å². The summed E-state index contributed by atoms with van der Waals surface area (Å²) in [5.74, 6) is 2.47. The normalized spacial score (nSPS) is 33.0. The van der Waals surface area contributed by atoms with Crippen molar-refractivity contribution < 1.29 is 8.42 Å². The number of benzene rings is 1. The van der Waals surface area contributed by atoms with Crippen LogP contribution in [0.1, 0.15) is 30.7 Å². The summed E-state index contributed by atoms with van der Waals surface area (Å²) < 4.78 is 23.1. The predicted octanol–water partition coefficient (Wildman–Crippen LogP) is 2.20. The van der Waals surface area contributed by atoms with Crippen LogP contribution in [0.25, 0.3) is 0 Å². The van der Waals surface area contributed by atoms with E-state index in [9.17, 15) is 8.42 Å². The lowest BCUT2D eigenvalue weighted by atomic mass is 9.94. The average Bonchev–Trinajstić information content (AvgIpc) is 3.16. The molecule has 2 fully saturated rings. The summed E-state index contributed by atoms with van der Waals surface area (Å²) in [5, 5.41) is 3.42. The second kappa shape index (κ2) is 5.49. The molecule has 1 aromatic carbocycles. The van der Waals surface area contributed by atoms with Gasteiger partial charge in [0.2, 0.25) is 0 Å². The minimum atomic E-state index is -2.75. The Morgan fingerprint density at radius 1 is 1.30 bits per heavy atom. The monoisotopic (exact) mass is 293 g/mol. The lowest BCUT2D eigenvalue weighted by Gasteiger charge is -2.19. The number of nitrogens with one attached hydrogen (secondary N) is 1. The van der Waals surface area contributed by atoms with Gasteiger partial charge in [0.05, 0.1) is 11.5 Å². The van der Waals surface area contributed by atoms with Crippen molar-refractivity contribution in [2.75, 3.05) is 18.6 Å². The zero-order valence-corrected chi connectivity index (χ0v) is 12.8. The number of hydrogen-bond acceptors (Lipinski definition) is 3. The van der Waals surface area contributed by atoms with Gasteiger partial charge in [0.25, 0.3) is 0 Å². The highest BCUT2D eigenvalue weighted by Gasteiger charge is 2.44. The fourth-order valence-corrected chi connectivity index (χ4v) is 5.55. The van der Waals surface area contributed by atoms with E-state index in [1.165, 1.54) is 12.0 Å². The molecule has 1 aromatic rings. The lowest BCUT2D eigenvalue weighted by Crippen LogP contribution is -2.31. The lowest BCUT2D eigenvalue weighted by molar-refractivity contribution is 0.388. The maximum atomic E-state index is 11.6. The van der Waals surface area contributed by atoms with Crippen LogP contribution in [-0.4, -0.2) is 33.0 Å². The van der Waals surface area contributed by atoms with Crippen LogP contribution in [0.15, 0.2) is 30.3 Å². The first-order chi connectivity index (χ1) is 9.59. The SMILES string of the molecule is CNC(CC1CCS(=O)(=O)C1)C1CC1c1ccccc1. The second-order valence-electron chi connectivity index (χ2n) is 6.32. The number of sulfone groups is 1. The van der Waals surface area contributed by atoms with Gasteiger partial charge in [-0.15, -0.1) is 0 Å². The van der Waals surface area contributed by atoms with Crippen molar-refractivity contribution in [2.45, 2.75) is 31.2 Å². The first-order valence-electron chi connectivity index (χ1n) is 7.51. The maximum Gasteiger partial charge on any atom is 0.150 e. The number of rotatable bonds is 5. The van der Waals surface area contributed by atoms with Crippen LogP contribution < -0.4 is 5.32 Å². The number of hydrogen-bond donors (Lipinski definition) is 1. The average molecular weight is 293 g/mol. The van der Waals surface area contributed by atoms with E-state index < -0.39 is 9.84 Å². The van der Waals surface area contributed by atoms with E-state index in [-0.39, 0.29) is 0 Å². The Labute approximate surface area is 121 Å². The van der Waals surface area contributed by atoms with Crippen LogP contribution in [0.2, 0.25) is 0 Å². The Kier molecular flexibility index (Phi) is 3.87. The molecule has 1 N–H and O–H groups in total. The van der Waals surface area contributed by atoms with Crippen molar-refractivity contribution >= 4 is 9.84 Å². The third-order valence-electron chi connectivity index (χ3n) is 4.87. The Bertz CT molecular complexity index is 555. The van der Waals surface area contributed by atoms with Gasteiger partial charge in [-0.2, -0.15) is 0 Å². The molecule has 0 aromatic heterocycles. The van der Waals surface area contributed by atoms with Gasteiger partial charge in [-0.3, -0.25) is 0 Å². The third-order valence-corrected chi connectivity index (χ3v) is 6.71. The summed E-state index contributed by atoms with van der Waals surface area (Å²) in [6.07, 6.45) is 3.09. The molecule has 1 saturated carbocycles. The van der Waals surface area contributed by atoms with Crippen molar-refractivity contribution in [3.8, 4) is 0 Å². The smallest absolute Gasteiger partial charge is 0.150 e. The molecule has 4 unspecified atom stereocenters. The fourth-order valence-electron chi connectivity index (χ4n) is 3.67. The van der Waals surface area contributed by atoms with Crippen molar-refractivity contribution in [1.29, 1.82) is 0 Å². The molecule has 2 aliphatic rings. The van der Waals surface area contributed by atoms with E-state index in [1.54, 1.807) is 0 Å². The van der Waals surface area contributed by atoms with Crippen LogP contribution in [-0.2, 0) is 9.84 Å². The largest absolute Gasteiger partial charge is 0.317 e. The van der Waals surface area contributed by atoms with Crippen LogP contribution in [0.5, 0.6) is 0 Å². The molecule has 0 spiro atoms. The fraction of sp³-hybridized carbons (Fsp3) is 0.625. The van der Waals surface area contributed by atoms with Crippen molar-refractivity contribution in [3.63, 3.8) is 0 Å². The molecule has 1 aliphatic heterocycles. The van der Waals surface area contributed by atoms with E-state index in [1.807, 2.05) is 7.05 Å². The topological polar surface area (TPSA) is 46.2 Å². The summed E-state index contributed by atoms with van der Waals surface area (Å²) in [6, 6.07) is 11.1. The van der Waals surface area contributed by atoms with E-state index in [0.29, 0.717) is 35.3 Å². The zero-order valence-electron chi connectivity index (χ0n) is 12.0. The van der Waals surface area contributed by atoms with Gasteiger partial charge < -0.3 is 5.32 Å². The van der Waals surface area contributed by atoms with Gasteiger partial charge >= 0.3 is 0 Å². The van der Waals surface area contributed by atoms with Gasteiger partial charge in [0, 0.05) is 6.04 Å². The minimum Gasteiger partial charge on any atom is -0.317 e. The van der Waals surface area contributed by atoms with Crippen LogP contribution in [0.4, 0.5) is 0 Å². The second-order valence-corrected chi connectivity index (χ2v) is 8.55. The van der Waals surface area contributed by atoms with E-state index in [2.05, 4.69) is 35.6 Å². The first-order valence-corrected chi connectivity index (χ1v) is 9.34. The summed E-state index contributed by atoms with van der Waals surface area (Å²) in [5.41, 5.74) is 1.43. The van der Waals surface area contributed by atoms with Crippen molar-refractivity contribution in [2.24, 2.45) is 11.8 Å². The summed E-state index contributed by atoms with van der Waals surface area (Å²) in [7, 11) is -0.740. The van der Waals surface area contributed by atoms with E-state index in [0.717, 1.165) is 12.8 Å². The maximum absolute atomic E-state index is 11.6. The Balaban J connectivity index is 1.59. The third kappa shape index (κ3) is 3.07. The molecular formula is C16H23NO2S. The highest BCUT2D eigenvalue weighted by Crippen LogP contribution is 2.50. The van der Waals surface area contributed by atoms with Crippen LogP contribution in [0, 0.1) is 11.8 Å². The Hall–Kier alpha value is -0.870. The quantitative estimate of drug-likeness (QED) is 0.905. The molecule has 1 aliphatic carbocycles. The van der Waals surface area contributed by atoms with Crippen molar-refractivity contribution in [3.05, 3.63) is 35.9 Å². The molecule has 0 amide bonds. The molecule has 1 saturated heterocycles. The molecular weight excluding hydrogens is 270 g/mol. The molecule has 0 radical (unpaired) electrons. The molecule has 110 valence electrons. The van der Waals surface area contributed by atoms with Gasteiger partial charge in [0.15, 0.2) is 9.84 Å². The van der Waals surface area contributed by atoms with Gasteiger partial charge in [-0.1, -0.05) is 30.3 Å². The molecule has 1 heterocycles. The van der Waals surface area contributed by atoms with Gasteiger partial charge in [0.1, 0.15) is 0 Å². The molecule has 4 atom stereocenters. The van der Waals surface area contributed by atoms with Crippen LogP contribution >= 0.6 is 0 Å². The molecule has 4 heteroatoms. The molecule has 20 heavy (non-hydrogen) atoms. The molecule has 3 rings (SSSR count). The summed E-state index contributed by atoms with van der Waals surface area (Å²) in [4.78, 5) is 0. The Morgan fingerprint density at radius 3 is 2.65 bits per heavy atom. The van der Waals surface area contributed by atoms with Crippen molar-refractivity contribution in [1.82, 2.24) is 5.32 Å². The Morgan fingerprint density at radius 2 is 2.05 bits per heavy atom. The van der Waals surface area contributed by atoms with E-state index in [4.69, 9.17) is 0 Å². The minimum absolute atomic E-state index is 0.356. The predicted molar refractivity (Wildman–Crippen MR) is 81.5 cm³/mol. The molecule has 0 bridgehead atoms. The van der Waals surface area contributed by atoms with Gasteiger partial charge in [-0.25, -0.2) is 8.42 Å². The first kappa shape index (κ1) is 14.1.